The molecule has 0 aromatic rings. The zero-order chi connectivity index (χ0) is 11.1. The Bertz CT molecular complexity index is 143. The van der Waals surface area contributed by atoms with E-state index >= 15 is 0 Å². The first-order chi connectivity index (χ1) is 7.29. The monoisotopic (exact) mass is 211 g/mol. The maximum absolute atomic E-state index is 3.68. The largest absolute Gasteiger partial charge is 0.314 e. The summed E-state index contributed by atoms with van der Waals surface area (Å²) < 4.78 is 0. The molecule has 90 valence electrons. The SMILES string of the molecule is CCCC(NCC)C(C)C1CCCCC1. The Morgan fingerprint density at radius 3 is 2.33 bits per heavy atom. The molecule has 1 nitrogen and oxygen atoms in total. The molecular formula is C14H29N. The molecule has 0 heterocycles. The van der Waals surface area contributed by atoms with Crippen molar-refractivity contribution in [1.82, 2.24) is 5.32 Å². The minimum Gasteiger partial charge on any atom is -0.314 e. The lowest BCUT2D eigenvalue weighted by Crippen LogP contribution is -2.38. The van der Waals surface area contributed by atoms with Gasteiger partial charge in [-0.3, -0.25) is 0 Å². The van der Waals surface area contributed by atoms with E-state index in [-0.39, 0.29) is 0 Å². The van der Waals surface area contributed by atoms with Gasteiger partial charge in [-0.15, -0.1) is 0 Å². The minimum atomic E-state index is 0.767. The fourth-order valence-electron chi connectivity index (χ4n) is 3.11. The Kier molecular flexibility index (Phi) is 6.31. The van der Waals surface area contributed by atoms with E-state index < -0.39 is 0 Å². The third-order valence-electron chi connectivity index (χ3n) is 4.09. The van der Waals surface area contributed by atoms with Gasteiger partial charge >= 0.3 is 0 Å². The Balaban J connectivity index is 2.41. The summed E-state index contributed by atoms with van der Waals surface area (Å²) in [6.07, 6.45) is 10.0. The van der Waals surface area contributed by atoms with Crippen molar-refractivity contribution in [2.75, 3.05) is 6.54 Å². The average Bonchev–Trinajstić information content (AvgIpc) is 2.29. The van der Waals surface area contributed by atoms with Crippen molar-refractivity contribution in [2.24, 2.45) is 11.8 Å². The number of hydrogen-bond acceptors (Lipinski definition) is 1. The van der Waals surface area contributed by atoms with Crippen LogP contribution in [-0.4, -0.2) is 12.6 Å². The van der Waals surface area contributed by atoms with Crippen molar-refractivity contribution in [2.45, 2.75) is 71.8 Å². The van der Waals surface area contributed by atoms with Gasteiger partial charge in [0, 0.05) is 6.04 Å². The molecule has 0 aromatic carbocycles. The third kappa shape index (κ3) is 4.14. The zero-order valence-electron chi connectivity index (χ0n) is 10.9. The summed E-state index contributed by atoms with van der Waals surface area (Å²) in [6.45, 7) is 8.13. The summed E-state index contributed by atoms with van der Waals surface area (Å²) in [4.78, 5) is 0. The van der Waals surface area contributed by atoms with E-state index in [1.807, 2.05) is 0 Å². The van der Waals surface area contributed by atoms with Crippen LogP contribution >= 0.6 is 0 Å². The summed E-state index contributed by atoms with van der Waals surface area (Å²) in [6, 6.07) is 0.767. The number of rotatable bonds is 6. The molecule has 1 fully saturated rings. The van der Waals surface area contributed by atoms with Crippen molar-refractivity contribution in [3.63, 3.8) is 0 Å². The molecule has 1 heteroatoms. The molecule has 0 aliphatic heterocycles. The summed E-state index contributed by atoms with van der Waals surface area (Å²) >= 11 is 0. The first-order valence-electron chi connectivity index (χ1n) is 7.03. The molecule has 0 saturated heterocycles. The fraction of sp³-hybridized carbons (Fsp3) is 1.00. The molecule has 0 radical (unpaired) electrons. The predicted octanol–water partition coefficient (Wildman–Crippen LogP) is 3.98. The summed E-state index contributed by atoms with van der Waals surface area (Å²) in [7, 11) is 0. The van der Waals surface area contributed by atoms with Crippen LogP contribution in [0, 0.1) is 11.8 Å². The first-order valence-corrected chi connectivity index (χ1v) is 7.03. The van der Waals surface area contributed by atoms with E-state index in [1.165, 1.54) is 44.9 Å². The third-order valence-corrected chi connectivity index (χ3v) is 4.09. The lowest BCUT2D eigenvalue weighted by Gasteiger charge is -2.34. The Hall–Kier alpha value is -0.0400. The predicted molar refractivity (Wildman–Crippen MR) is 68.1 cm³/mol. The van der Waals surface area contributed by atoms with E-state index in [1.54, 1.807) is 0 Å². The quantitative estimate of drug-likeness (QED) is 0.700. The molecule has 2 atom stereocenters. The van der Waals surface area contributed by atoms with Crippen LogP contribution in [0.4, 0.5) is 0 Å². The van der Waals surface area contributed by atoms with Crippen LogP contribution < -0.4 is 5.32 Å². The lowest BCUT2D eigenvalue weighted by molar-refractivity contribution is 0.205. The van der Waals surface area contributed by atoms with Gasteiger partial charge in [-0.05, 0) is 24.8 Å². The molecule has 1 N–H and O–H groups in total. The second-order valence-corrected chi connectivity index (χ2v) is 5.21. The van der Waals surface area contributed by atoms with E-state index in [0.717, 1.165) is 24.4 Å². The van der Waals surface area contributed by atoms with Gasteiger partial charge in [0.15, 0.2) is 0 Å². The van der Waals surface area contributed by atoms with Crippen LogP contribution in [-0.2, 0) is 0 Å². The Labute approximate surface area is 96.0 Å². The van der Waals surface area contributed by atoms with Crippen molar-refractivity contribution in [1.29, 1.82) is 0 Å². The van der Waals surface area contributed by atoms with Gasteiger partial charge in [-0.25, -0.2) is 0 Å². The van der Waals surface area contributed by atoms with Crippen molar-refractivity contribution >= 4 is 0 Å². The minimum absolute atomic E-state index is 0.767. The highest BCUT2D eigenvalue weighted by Gasteiger charge is 2.25. The van der Waals surface area contributed by atoms with Gasteiger partial charge in [-0.1, -0.05) is 59.3 Å². The maximum atomic E-state index is 3.68. The summed E-state index contributed by atoms with van der Waals surface area (Å²) in [5.41, 5.74) is 0. The van der Waals surface area contributed by atoms with Crippen LogP contribution in [0.25, 0.3) is 0 Å². The van der Waals surface area contributed by atoms with Crippen molar-refractivity contribution < 1.29 is 0 Å². The van der Waals surface area contributed by atoms with Crippen LogP contribution in [0.5, 0.6) is 0 Å². The van der Waals surface area contributed by atoms with E-state index in [4.69, 9.17) is 0 Å². The average molecular weight is 211 g/mol. The molecular weight excluding hydrogens is 182 g/mol. The van der Waals surface area contributed by atoms with E-state index in [2.05, 4.69) is 26.1 Å². The van der Waals surface area contributed by atoms with E-state index in [0.29, 0.717) is 0 Å². The summed E-state index contributed by atoms with van der Waals surface area (Å²) in [5, 5.41) is 3.68. The molecule has 1 aliphatic carbocycles. The molecule has 0 spiro atoms. The van der Waals surface area contributed by atoms with Gasteiger partial charge < -0.3 is 5.32 Å². The van der Waals surface area contributed by atoms with Crippen molar-refractivity contribution in [3.8, 4) is 0 Å². The van der Waals surface area contributed by atoms with Crippen LogP contribution in [0.1, 0.15) is 65.7 Å². The van der Waals surface area contributed by atoms with Gasteiger partial charge in [0.05, 0.1) is 0 Å². The van der Waals surface area contributed by atoms with Gasteiger partial charge in [0.25, 0.3) is 0 Å². The molecule has 0 amide bonds. The standard InChI is InChI=1S/C14H29N/c1-4-9-14(15-5-2)12(3)13-10-7-6-8-11-13/h12-15H,4-11H2,1-3H3. The van der Waals surface area contributed by atoms with Gasteiger partial charge in [0.1, 0.15) is 0 Å². The number of nitrogens with one attached hydrogen (secondary N) is 1. The van der Waals surface area contributed by atoms with Crippen LogP contribution in [0.15, 0.2) is 0 Å². The van der Waals surface area contributed by atoms with Crippen LogP contribution in [0.3, 0.4) is 0 Å². The highest BCUT2D eigenvalue weighted by molar-refractivity contribution is 4.80. The zero-order valence-corrected chi connectivity index (χ0v) is 10.9. The lowest BCUT2D eigenvalue weighted by atomic mass is 9.76. The molecule has 2 unspecified atom stereocenters. The molecule has 15 heavy (non-hydrogen) atoms. The highest BCUT2D eigenvalue weighted by Crippen LogP contribution is 2.32. The fourth-order valence-corrected chi connectivity index (χ4v) is 3.11. The Morgan fingerprint density at radius 2 is 1.80 bits per heavy atom. The molecule has 1 aliphatic rings. The maximum Gasteiger partial charge on any atom is 0.00951 e. The normalized spacial score (nSPS) is 22.6. The smallest absolute Gasteiger partial charge is 0.00951 e. The van der Waals surface area contributed by atoms with Crippen LogP contribution in [0.2, 0.25) is 0 Å². The molecule has 0 aromatic heterocycles. The number of hydrogen-bond donors (Lipinski definition) is 1. The Morgan fingerprint density at radius 1 is 1.13 bits per heavy atom. The highest BCUT2D eigenvalue weighted by atomic mass is 14.9. The van der Waals surface area contributed by atoms with Gasteiger partial charge in [0.2, 0.25) is 0 Å². The summed E-state index contributed by atoms with van der Waals surface area (Å²) in [5.74, 6) is 1.87. The van der Waals surface area contributed by atoms with Crippen molar-refractivity contribution in [3.05, 3.63) is 0 Å². The van der Waals surface area contributed by atoms with E-state index in [9.17, 15) is 0 Å². The van der Waals surface area contributed by atoms with Gasteiger partial charge in [-0.2, -0.15) is 0 Å². The molecule has 0 bridgehead atoms. The first kappa shape index (κ1) is 13.0. The molecule has 1 saturated carbocycles. The second-order valence-electron chi connectivity index (χ2n) is 5.21. The topological polar surface area (TPSA) is 12.0 Å². The second kappa shape index (κ2) is 7.27. The molecule has 1 rings (SSSR count).